The van der Waals surface area contributed by atoms with Crippen molar-refractivity contribution in [3.63, 3.8) is 0 Å². The van der Waals surface area contributed by atoms with Crippen molar-refractivity contribution in [2.75, 3.05) is 5.32 Å². The van der Waals surface area contributed by atoms with Crippen molar-refractivity contribution in [3.8, 4) is 10.4 Å². The van der Waals surface area contributed by atoms with Crippen molar-refractivity contribution in [1.29, 1.82) is 0 Å². The molecule has 0 radical (unpaired) electrons. The summed E-state index contributed by atoms with van der Waals surface area (Å²) in [5.41, 5.74) is -0.241. The lowest BCUT2D eigenvalue weighted by molar-refractivity contribution is -0.154. The molecule has 7 nitrogen and oxygen atoms in total. The number of aromatic nitrogens is 3. The maximum Gasteiger partial charge on any atom is 0.433 e. The van der Waals surface area contributed by atoms with Crippen LogP contribution in [0.4, 0.5) is 24.8 Å². The van der Waals surface area contributed by atoms with Crippen LogP contribution in [0, 0.1) is 11.3 Å². The number of thiazole rings is 1. The molecule has 0 saturated heterocycles. The standard InChI is InChI=1S/C26H27F3N4O3S/c1-14(2)15-9-16(11-17(10-15)32-23-30-8-6-20(33-23)26(27,28)29)19-12-31-22(37-19)25(36)7-5-18(21(34)35)24(3,4)13-25/h6,8-12,18,36H,1,5,7,13H2,2-4H3,(H,34,35)(H,30,32,33)/t18-,25-/m0/s1. The average molecular weight is 533 g/mol. The largest absolute Gasteiger partial charge is 0.481 e. The van der Waals surface area contributed by atoms with Gasteiger partial charge in [0.05, 0.1) is 10.8 Å². The number of carboxylic acid groups (broad SMARTS) is 1. The van der Waals surface area contributed by atoms with Crippen molar-refractivity contribution in [2.24, 2.45) is 11.3 Å². The molecule has 0 unspecified atom stereocenters. The Morgan fingerprint density at radius 3 is 2.59 bits per heavy atom. The van der Waals surface area contributed by atoms with Gasteiger partial charge in [-0.05, 0) is 67.0 Å². The highest BCUT2D eigenvalue weighted by molar-refractivity contribution is 7.15. The maximum absolute atomic E-state index is 13.1. The van der Waals surface area contributed by atoms with Gasteiger partial charge in [-0.2, -0.15) is 13.2 Å². The number of hydrogen-bond donors (Lipinski definition) is 3. The summed E-state index contributed by atoms with van der Waals surface area (Å²) in [6.45, 7) is 9.47. The minimum atomic E-state index is -4.60. The van der Waals surface area contributed by atoms with E-state index in [4.69, 9.17) is 0 Å². The zero-order chi connectivity index (χ0) is 27.2. The van der Waals surface area contributed by atoms with Gasteiger partial charge in [0, 0.05) is 18.1 Å². The summed E-state index contributed by atoms with van der Waals surface area (Å²) in [7, 11) is 0. The molecular weight excluding hydrogens is 505 g/mol. The SMILES string of the molecule is C=C(C)c1cc(Nc2nccc(C(F)(F)F)n2)cc(-c2cnc([C@]3(O)CC[C@@H](C(=O)O)C(C)(C)C3)s2)c1. The summed E-state index contributed by atoms with van der Waals surface area (Å²) in [4.78, 5) is 24.3. The zero-order valence-electron chi connectivity index (χ0n) is 20.6. The highest BCUT2D eigenvalue weighted by atomic mass is 32.1. The predicted octanol–water partition coefficient (Wildman–Crippen LogP) is 6.49. The maximum atomic E-state index is 13.1. The topological polar surface area (TPSA) is 108 Å². The first-order chi connectivity index (χ1) is 17.2. The number of carbonyl (C=O) groups is 1. The van der Waals surface area contributed by atoms with Crippen molar-refractivity contribution >= 4 is 34.5 Å². The molecule has 37 heavy (non-hydrogen) atoms. The van der Waals surface area contributed by atoms with Crippen LogP contribution >= 0.6 is 11.3 Å². The third-order valence-corrected chi connectivity index (χ3v) is 7.89. The van der Waals surface area contributed by atoms with Crippen molar-refractivity contribution in [1.82, 2.24) is 15.0 Å². The van der Waals surface area contributed by atoms with Gasteiger partial charge < -0.3 is 15.5 Å². The molecule has 2 atom stereocenters. The van der Waals surface area contributed by atoms with E-state index in [1.165, 1.54) is 11.3 Å². The van der Waals surface area contributed by atoms with Gasteiger partial charge in [0.2, 0.25) is 5.95 Å². The van der Waals surface area contributed by atoms with Crippen LogP contribution in [0.2, 0.25) is 0 Å². The van der Waals surface area contributed by atoms with E-state index in [1.54, 1.807) is 18.3 Å². The molecule has 2 aromatic heterocycles. The van der Waals surface area contributed by atoms with Gasteiger partial charge in [0.25, 0.3) is 0 Å². The minimum absolute atomic E-state index is 0.198. The second kappa shape index (κ2) is 9.53. The Bertz CT molecular complexity index is 1350. The monoisotopic (exact) mass is 532 g/mol. The Labute approximate surface area is 216 Å². The van der Waals surface area contributed by atoms with Gasteiger partial charge in [0.1, 0.15) is 16.3 Å². The predicted molar refractivity (Wildman–Crippen MR) is 135 cm³/mol. The van der Waals surface area contributed by atoms with E-state index < -0.39 is 34.8 Å². The van der Waals surface area contributed by atoms with E-state index in [0.717, 1.165) is 33.8 Å². The third kappa shape index (κ3) is 5.67. The van der Waals surface area contributed by atoms with Gasteiger partial charge >= 0.3 is 12.1 Å². The van der Waals surface area contributed by atoms with Gasteiger partial charge in [-0.3, -0.25) is 4.79 Å². The second-order valence-corrected chi connectivity index (χ2v) is 11.2. The highest BCUT2D eigenvalue weighted by Gasteiger charge is 2.49. The molecule has 0 spiro atoms. The molecule has 0 bridgehead atoms. The van der Waals surface area contributed by atoms with Crippen LogP contribution in [0.15, 0.2) is 43.2 Å². The van der Waals surface area contributed by atoms with E-state index in [2.05, 4.69) is 26.8 Å². The van der Waals surface area contributed by atoms with Crippen LogP contribution in [0.25, 0.3) is 16.0 Å². The van der Waals surface area contributed by atoms with Crippen LogP contribution in [-0.2, 0) is 16.6 Å². The summed E-state index contributed by atoms with van der Waals surface area (Å²) in [6, 6.07) is 6.16. The molecule has 1 aromatic carbocycles. The molecule has 2 heterocycles. The molecule has 4 rings (SSSR count). The smallest absolute Gasteiger partial charge is 0.433 e. The molecule has 1 aliphatic carbocycles. The normalized spacial score (nSPS) is 21.4. The number of alkyl halides is 3. The minimum Gasteiger partial charge on any atom is -0.481 e. The first-order valence-electron chi connectivity index (χ1n) is 11.6. The Kier molecular flexibility index (Phi) is 6.89. The Morgan fingerprint density at radius 2 is 1.97 bits per heavy atom. The van der Waals surface area contributed by atoms with Crippen molar-refractivity contribution < 1.29 is 28.2 Å². The second-order valence-electron chi connectivity index (χ2n) is 10.1. The Hall–Kier alpha value is -3.31. The molecule has 1 aliphatic rings. The van der Waals surface area contributed by atoms with Crippen molar-refractivity contribution in [2.45, 2.75) is 51.8 Å². The number of rotatable bonds is 6. The number of aliphatic hydroxyl groups is 1. The summed E-state index contributed by atoms with van der Waals surface area (Å²) < 4.78 is 39.2. The molecule has 1 saturated carbocycles. The van der Waals surface area contributed by atoms with Gasteiger partial charge in [-0.15, -0.1) is 11.3 Å². The van der Waals surface area contributed by atoms with E-state index in [1.807, 2.05) is 26.8 Å². The molecule has 3 N–H and O–H groups in total. The summed E-state index contributed by atoms with van der Waals surface area (Å²) in [5.74, 6) is -1.62. The number of nitrogens with one attached hydrogen (secondary N) is 1. The molecule has 3 aromatic rings. The fourth-order valence-corrected chi connectivity index (χ4v) is 5.82. The number of nitrogens with zero attached hydrogens (tertiary/aromatic N) is 3. The third-order valence-electron chi connectivity index (χ3n) is 6.65. The number of benzene rings is 1. The van der Waals surface area contributed by atoms with E-state index >= 15 is 0 Å². The molecule has 0 amide bonds. The number of anilines is 2. The summed E-state index contributed by atoms with van der Waals surface area (Å²) >= 11 is 1.30. The Balaban J connectivity index is 1.65. The average Bonchev–Trinajstić information content (AvgIpc) is 3.29. The zero-order valence-corrected chi connectivity index (χ0v) is 21.4. The Morgan fingerprint density at radius 1 is 1.24 bits per heavy atom. The number of hydrogen-bond acceptors (Lipinski definition) is 7. The number of carboxylic acids is 1. The molecule has 0 aliphatic heterocycles. The van der Waals surface area contributed by atoms with Crippen LogP contribution in [0.3, 0.4) is 0 Å². The van der Waals surface area contributed by atoms with E-state index in [-0.39, 0.29) is 18.8 Å². The first-order valence-corrected chi connectivity index (χ1v) is 12.4. The number of aliphatic carboxylic acids is 1. The summed E-state index contributed by atoms with van der Waals surface area (Å²) in [5, 5.41) is 24.3. The lowest BCUT2D eigenvalue weighted by atomic mass is 9.63. The lowest BCUT2D eigenvalue weighted by Crippen LogP contribution is -2.44. The molecule has 1 fully saturated rings. The van der Waals surface area contributed by atoms with Gasteiger partial charge in [0.15, 0.2) is 0 Å². The number of allylic oxidation sites excluding steroid dienone is 1. The van der Waals surface area contributed by atoms with Crippen LogP contribution < -0.4 is 5.32 Å². The quantitative estimate of drug-likeness (QED) is 0.333. The molecular formula is C26H27F3N4O3S. The van der Waals surface area contributed by atoms with Crippen molar-refractivity contribution in [3.05, 3.63) is 59.5 Å². The lowest BCUT2D eigenvalue weighted by Gasteiger charge is -2.44. The van der Waals surface area contributed by atoms with E-state index in [0.29, 0.717) is 17.1 Å². The fraction of sp³-hybridized carbons (Fsp3) is 0.385. The molecule has 196 valence electrons. The van der Waals surface area contributed by atoms with E-state index in [9.17, 15) is 28.2 Å². The summed E-state index contributed by atoms with van der Waals surface area (Å²) in [6.07, 6.45) is -1.04. The highest BCUT2D eigenvalue weighted by Crippen LogP contribution is 2.51. The van der Waals surface area contributed by atoms with Gasteiger partial charge in [-0.25, -0.2) is 15.0 Å². The number of halogens is 3. The van der Waals surface area contributed by atoms with Crippen LogP contribution in [-0.4, -0.2) is 31.1 Å². The first kappa shape index (κ1) is 26.7. The fourth-order valence-electron chi connectivity index (χ4n) is 4.80. The molecule has 11 heteroatoms. The van der Waals surface area contributed by atoms with Gasteiger partial charge in [-0.1, -0.05) is 26.0 Å². The van der Waals surface area contributed by atoms with Crippen LogP contribution in [0.5, 0.6) is 0 Å². The van der Waals surface area contributed by atoms with Crippen LogP contribution in [0.1, 0.15) is 56.3 Å².